The molecule has 0 saturated heterocycles. The fourth-order valence-corrected chi connectivity index (χ4v) is 2.95. The number of ether oxygens (including phenoxy) is 1. The van der Waals surface area contributed by atoms with Crippen molar-refractivity contribution in [2.45, 2.75) is 13.2 Å². The molecular weight excluding hydrogens is 392 g/mol. The van der Waals surface area contributed by atoms with Crippen molar-refractivity contribution in [3.05, 3.63) is 52.5 Å². The van der Waals surface area contributed by atoms with Crippen LogP contribution in [0.1, 0.15) is 15.2 Å². The molecule has 3 aromatic rings. The quantitative estimate of drug-likeness (QED) is 0.443. The Morgan fingerprint density at radius 3 is 2.86 bits per heavy atom. The average Bonchev–Trinajstić information content (AvgIpc) is 3.11. The minimum atomic E-state index is -3.10. The molecule has 1 aromatic carbocycles. The van der Waals surface area contributed by atoms with Gasteiger partial charge in [0.2, 0.25) is 0 Å². The zero-order chi connectivity index (χ0) is 20.1. The number of aromatic hydroxyl groups is 1. The normalized spacial score (nSPS) is 10.7. The molecule has 1 amide bonds. The highest BCUT2D eigenvalue weighted by atomic mass is 32.1. The summed E-state index contributed by atoms with van der Waals surface area (Å²) in [4.78, 5) is 20.8. The molecule has 11 heteroatoms. The number of rotatable bonds is 7. The van der Waals surface area contributed by atoms with E-state index in [-0.39, 0.29) is 5.69 Å². The predicted octanol–water partition coefficient (Wildman–Crippen LogP) is 3.29. The number of nitrogens with one attached hydrogen (secondary N) is 2. The van der Waals surface area contributed by atoms with E-state index in [4.69, 9.17) is 5.73 Å². The largest absolute Gasteiger partial charge is 0.504 e. The molecule has 5 N–H and O–H groups in total. The van der Waals surface area contributed by atoms with E-state index >= 15 is 0 Å². The third-order valence-electron chi connectivity index (χ3n) is 3.51. The number of hydrogen-bond acceptors (Lipinski definition) is 8. The van der Waals surface area contributed by atoms with E-state index in [1.165, 1.54) is 11.6 Å². The number of alkyl halides is 2. The first kappa shape index (κ1) is 19.3. The standard InChI is InChI=1S/C17H15F2N5O3S/c18-17(19)27-12-6-10(1-2-11(12)25)24-16(26)14-15(23-8-28-14)22-7-9-3-4-21-13(20)5-9/h1-6,8,17,22,25H,7H2,(H2,20,21)(H,24,26). The van der Waals surface area contributed by atoms with E-state index in [1.807, 2.05) is 0 Å². The van der Waals surface area contributed by atoms with Crippen molar-refractivity contribution in [3.8, 4) is 11.5 Å². The minimum Gasteiger partial charge on any atom is -0.504 e. The summed E-state index contributed by atoms with van der Waals surface area (Å²) in [5, 5.41) is 15.1. The number of hydrogen-bond donors (Lipinski definition) is 4. The number of amides is 1. The van der Waals surface area contributed by atoms with E-state index in [1.54, 1.807) is 18.3 Å². The van der Waals surface area contributed by atoms with Gasteiger partial charge in [-0.2, -0.15) is 8.78 Å². The van der Waals surface area contributed by atoms with Gasteiger partial charge in [0, 0.05) is 24.5 Å². The highest BCUT2D eigenvalue weighted by Gasteiger charge is 2.17. The Labute approximate surface area is 162 Å². The molecule has 2 aromatic heterocycles. The molecule has 146 valence electrons. The molecule has 0 atom stereocenters. The lowest BCUT2D eigenvalue weighted by atomic mass is 10.2. The van der Waals surface area contributed by atoms with Gasteiger partial charge in [0.1, 0.15) is 16.5 Å². The Hall–Kier alpha value is -3.47. The molecule has 0 radical (unpaired) electrons. The first-order valence-corrected chi connectivity index (χ1v) is 8.77. The number of aromatic nitrogens is 2. The van der Waals surface area contributed by atoms with Gasteiger partial charge < -0.3 is 26.2 Å². The van der Waals surface area contributed by atoms with Crippen LogP contribution in [-0.4, -0.2) is 27.6 Å². The molecule has 0 bridgehead atoms. The van der Waals surface area contributed by atoms with E-state index in [0.717, 1.165) is 29.0 Å². The van der Waals surface area contributed by atoms with Gasteiger partial charge in [0.15, 0.2) is 11.5 Å². The van der Waals surface area contributed by atoms with Crippen LogP contribution < -0.4 is 21.1 Å². The maximum Gasteiger partial charge on any atom is 0.387 e. The van der Waals surface area contributed by atoms with Gasteiger partial charge in [-0.05, 0) is 29.8 Å². The molecule has 2 heterocycles. The number of carbonyl (C=O) groups excluding carboxylic acids is 1. The smallest absolute Gasteiger partial charge is 0.387 e. The van der Waals surface area contributed by atoms with Crippen LogP contribution in [0.5, 0.6) is 11.5 Å². The lowest BCUT2D eigenvalue weighted by Crippen LogP contribution is -2.13. The van der Waals surface area contributed by atoms with Crippen molar-refractivity contribution in [3.63, 3.8) is 0 Å². The summed E-state index contributed by atoms with van der Waals surface area (Å²) in [6, 6.07) is 7.08. The van der Waals surface area contributed by atoms with Crippen LogP contribution >= 0.6 is 11.3 Å². The summed E-state index contributed by atoms with van der Waals surface area (Å²) < 4.78 is 29.0. The second kappa shape index (κ2) is 8.48. The van der Waals surface area contributed by atoms with Gasteiger partial charge in [0.25, 0.3) is 5.91 Å². The van der Waals surface area contributed by atoms with Crippen molar-refractivity contribution < 1.29 is 23.4 Å². The van der Waals surface area contributed by atoms with Crippen LogP contribution in [-0.2, 0) is 6.54 Å². The molecule has 0 saturated carbocycles. The number of phenolic OH excluding ortho intramolecular Hbond substituents is 1. The maximum atomic E-state index is 12.5. The molecule has 0 unspecified atom stereocenters. The van der Waals surface area contributed by atoms with Gasteiger partial charge in [-0.15, -0.1) is 11.3 Å². The van der Waals surface area contributed by atoms with Gasteiger partial charge in [0.05, 0.1) is 5.51 Å². The monoisotopic (exact) mass is 407 g/mol. The average molecular weight is 407 g/mol. The van der Waals surface area contributed by atoms with Gasteiger partial charge in [-0.25, -0.2) is 9.97 Å². The molecule has 0 spiro atoms. The van der Waals surface area contributed by atoms with E-state index in [0.29, 0.717) is 23.1 Å². The van der Waals surface area contributed by atoms with Crippen LogP contribution in [0.4, 0.5) is 26.1 Å². The number of nitrogens with zero attached hydrogens (tertiary/aromatic N) is 2. The fourth-order valence-electron chi connectivity index (χ4n) is 2.29. The summed E-state index contributed by atoms with van der Waals surface area (Å²) in [7, 11) is 0. The van der Waals surface area contributed by atoms with Crippen LogP contribution in [0, 0.1) is 0 Å². The third-order valence-corrected chi connectivity index (χ3v) is 4.34. The van der Waals surface area contributed by atoms with Crippen molar-refractivity contribution in [2.75, 3.05) is 16.4 Å². The highest BCUT2D eigenvalue weighted by Crippen LogP contribution is 2.31. The number of thiazole rings is 1. The van der Waals surface area contributed by atoms with Crippen LogP contribution in [0.2, 0.25) is 0 Å². The number of pyridine rings is 1. The van der Waals surface area contributed by atoms with E-state index in [9.17, 15) is 18.7 Å². The summed E-state index contributed by atoms with van der Waals surface area (Å²) in [5.74, 6) is -0.654. The highest BCUT2D eigenvalue weighted by molar-refractivity contribution is 7.12. The molecule has 0 aliphatic heterocycles. The molecule has 3 rings (SSSR count). The number of nitrogens with two attached hydrogens (primary N) is 1. The summed E-state index contributed by atoms with van der Waals surface area (Å²) in [5.41, 5.74) is 8.17. The van der Waals surface area contributed by atoms with Gasteiger partial charge in [-0.3, -0.25) is 4.79 Å². The lowest BCUT2D eigenvalue weighted by Gasteiger charge is -2.10. The van der Waals surface area contributed by atoms with Crippen LogP contribution in [0.15, 0.2) is 42.0 Å². The molecular formula is C17H15F2N5O3S. The number of nitrogen functional groups attached to an aromatic ring is 1. The summed E-state index contributed by atoms with van der Waals surface area (Å²) in [6.45, 7) is -2.72. The number of halogens is 2. The van der Waals surface area contributed by atoms with Crippen LogP contribution in [0.3, 0.4) is 0 Å². The van der Waals surface area contributed by atoms with Crippen molar-refractivity contribution in [1.29, 1.82) is 0 Å². The Morgan fingerprint density at radius 1 is 1.29 bits per heavy atom. The summed E-state index contributed by atoms with van der Waals surface area (Å²) in [6.07, 6.45) is 1.57. The molecule has 0 aliphatic rings. The van der Waals surface area contributed by atoms with Crippen molar-refractivity contribution in [2.24, 2.45) is 0 Å². The number of carbonyl (C=O) groups is 1. The molecule has 0 aliphatic carbocycles. The molecule has 28 heavy (non-hydrogen) atoms. The number of anilines is 3. The molecule has 0 fully saturated rings. The Kier molecular flexibility index (Phi) is 5.84. The Morgan fingerprint density at radius 2 is 2.11 bits per heavy atom. The summed E-state index contributed by atoms with van der Waals surface area (Å²) >= 11 is 1.11. The Balaban J connectivity index is 1.69. The minimum absolute atomic E-state index is 0.180. The van der Waals surface area contributed by atoms with Gasteiger partial charge in [-0.1, -0.05) is 0 Å². The van der Waals surface area contributed by atoms with Crippen LogP contribution in [0.25, 0.3) is 0 Å². The van der Waals surface area contributed by atoms with E-state index < -0.39 is 24.0 Å². The van der Waals surface area contributed by atoms with E-state index in [2.05, 4.69) is 25.3 Å². The van der Waals surface area contributed by atoms with Crippen molar-refractivity contribution in [1.82, 2.24) is 9.97 Å². The number of phenols is 1. The SMILES string of the molecule is Nc1cc(CNc2ncsc2C(=O)Nc2ccc(O)c(OC(F)F)c2)ccn1. The Bertz CT molecular complexity index is 983. The second-order valence-electron chi connectivity index (χ2n) is 5.49. The zero-order valence-electron chi connectivity index (χ0n) is 14.2. The second-order valence-corrected chi connectivity index (χ2v) is 6.34. The topological polar surface area (TPSA) is 122 Å². The first-order chi connectivity index (χ1) is 13.4. The van der Waals surface area contributed by atoms with Crippen molar-refractivity contribution >= 4 is 34.6 Å². The first-order valence-electron chi connectivity index (χ1n) is 7.89. The lowest BCUT2D eigenvalue weighted by molar-refractivity contribution is -0.0512. The predicted molar refractivity (Wildman–Crippen MR) is 101 cm³/mol. The third kappa shape index (κ3) is 4.82. The number of benzene rings is 1. The molecule has 8 nitrogen and oxygen atoms in total. The van der Waals surface area contributed by atoms with Gasteiger partial charge >= 0.3 is 6.61 Å². The fraction of sp³-hybridized carbons (Fsp3) is 0.118. The maximum absolute atomic E-state index is 12.5. The zero-order valence-corrected chi connectivity index (χ0v) is 15.0.